The minimum absolute atomic E-state index is 0.0728. The highest BCUT2D eigenvalue weighted by molar-refractivity contribution is 9.10. The zero-order valence-electron chi connectivity index (χ0n) is 12.1. The van der Waals surface area contributed by atoms with Crippen molar-refractivity contribution in [1.29, 1.82) is 0 Å². The van der Waals surface area contributed by atoms with E-state index in [2.05, 4.69) is 27.8 Å². The van der Waals surface area contributed by atoms with Gasteiger partial charge in [0.2, 0.25) is 5.91 Å². The molecule has 2 aliphatic rings. The molecule has 1 aromatic carbocycles. The highest BCUT2D eigenvalue weighted by atomic mass is 79.9. The topological polar surface area (TPSA) is 40.6 Å². The van der Waals surface area contributed by atoms with Crippen molar-refractivity contribution in [3.63, 3.8) is 0 Å². The van der Waals surface area contributed by atoms with Crippen LogP contribution in [0.4, 0.5) is 5.69 Å². The number of imide groups is 1. The molecule has 2 amide bonds. The van der Waals surface area contributed by atoms with E-state index in [1.54, 1.807) is 12.1 Å². The zero-order chi connectivity index (χ0) is 15.0. The van der Waals surface area contributed by atoms with Gasteiger partial charge in [-0.2, -0.15) is 0 Å². The van der Waals surface area contributed by atoms with Crippen LogP contribution in [0.25, 0.3) is 0 Å². The van der Waals surface area contributed by atoms with E-state index in [-0.39, 0.29) is 17.9 Å². The second kappa shape index (κ2) is 5.89. The quantitative estimate of drug-likeness (QED) is 0.770. The van der Waals surface area contributed by atoms with E-state index in [4.69, 9.17) is 0 Å². The SMILES string of the molecule is C[C@H]1CCCN([C@H]2CC(=O)N(c3ccc(Br)cc3)C2=O)C1. The number of rotatable bonds is 2. The van der Waals surface area contributed by atoms with E-state index >= 15 is 0 Å². The average Bonchev–Trinajstić information content (AvgIpc) is 2.75. The molecule has 21 heavy (non-hydrogen) atoms. The number of nitrogens with zero attached hydrogens (tertiary/aromatic N) is 2. The first-order valence-corrected chi connectivity index (χ1v) is 8.22. The van der Waals surface area contributed by atoms with Crippen LogP contribution in [0.1, 0.15) is 26.2 Å². The number of carbonyl (C=O) groups is 2. The molecular weight excluding hydrogens is 332 g/mol. The molecule has 0 saturated carbocycles. The number of likely N-dealkylation sites (tertiary alicyclic amines) is 1. The minimum atomic E-state index is -0.274. The average molecular weight is 351 g/mol. The van der Waals surface area contributed by atoms with Crippen LogP contribution < -0.4 is 4.90 Å². The summed E-state index contributed by atoms with van der Waals surface area (Å²) in [6, 6.07) is 7.05. The maximum atomic E-state index is 12.7. The van der Waals surface area contributed by atoms with Crippen LogP contribution in [-0.2, 0) is 9.59 Å². The van der Waals surface area contributed by atoms with E-state index in [0.717, 1.165) is 24.0 Å². The Labute approximate surface area is 133 Å². The maximum Gasteiger partial charge on any atom is 0.251 e. The van der Waals surface area contributed by atoms with E-state index in [1.807, 2.05) is 12.1 Å². The molecule has 2 aliphatic heterocycles. The van der Waals surface area contributed by atoms with Gasteiger partial charge in [0.15, 0.2) is 0 Å². The van der Waals surface area contributed by atoms with Gasteiger partial charge in [-0.15, -0.1) is 0 Å². The predicted molar refractivity (Wildman–Crippen MR) is 85.0 cm³/mol. The Bertz CT molecular complexity index is 558. The molecule has 0 unspecified atom stereocenters. The smallest absolute Gasteiger partial charge is 0.251 e. The lowest BCUT2D eigenvalue weighted by Crippen LogP contribution is -2.46. The van der Waals surface area contributed by atoms with Gasteiger partial charge in [0.05, 0.1) is 18.2 Å². The van der Waals surface area contributed by atoms with Gasteiger partial charge in [-0.25, -0.2) is 4.90 Å². The molecule has 4 nitrogen and oxygen atoms in total. The summed E-state index contributed by atoms with van der Waals surface area (Å²) in [5, 5.41) is 0. The maximum absolute atomic E-state index is 12.7. The third-order valence-corrected chi connectivity index (χ3v) is 4.87. The lowest BCUT2D eigenvalue weighted by Gasteiger charge is -2.34. The van der Waals surface area contributed by atoms with Crippen molar-refractivity contribution in [2.75, 3.05) is 18.0 Å². The molecule has 2 fully saturated rings. The molecule has 2 saturated heterocycles. The van der Waals surface area contributed by atoms with E-state index in [9.17, 15) is 9.59 Å². The van der Waals surface area contributed by atoms with Gasteiger partial charge in [0.1, 0.15) is 0 Å². The molecule has 0 bridgehead atoms. The Balaban J connectivity index is 1.80. The summed E-state index contributed by atoms with van der Waals surface area (Å²) >= 11 is 3.37. The first-order chi connectivity index (χ1) is 10.1. The largest absolute Gasteiger partial charge is 0.291 e. The summed E-state index contributed by atoms with van der Waals surface area (Å²) in [6.45, 7) is 4.04. The Morgan fingerprint density at radius 1 is 1.19 bits per heavy atom. The highest BCUT2D eigenvalue weighted by Gasteiger charge is 2.43. The first-order valence-electron chi connectivity index (χ1n) is 7.42. The second-order valence-electron chi connectivity index (χ2n) is 6.01. The number of piperidine rings is 1. The van der Waals surface area contributed by atoms with E-state index in [1.165, 1.54) is 11.3 Å². The minimum Gasteiger partial charge on any atom is -0.291 e. The lowest BCUT2D eigenvalue weighted by molar-refractivity contribution is -0.123. The second-order valence-corrected chi connectivity index (χ2v) is 6.92. The van der Waals surface area contributed by atoms with E-state index < -0.39 is 0 Å². The normalized spacial score (nSPS) is 27.4. The van der Waals surface area contributed by atoms with Gasteiger partial charge < -0.3 is 0 Å². The van der Waals surface area contributed by atoms with Crippen molar-refractivity contribution in [3.05, 3.63) is 28.7 Å². The third-order valence-electron chi connectivity index (χ3n) is 4.34. The number of anilines is 1. The standard InChI is InChI=1S/C16H19BrN2O2/c1-11-3-2-8-18(10-11)14-9-15(20)19(16(14)21)13-6-4-12(17)5-7-13/h4-7,11,14H,2-3,8-10H2,1H3/t11-,14-/m0/s1. The lowest BCUT2D eigenvalue weighted by atomic mass is 9.98. The number of halogens is 1. The van der Waals surface area contributed by atoms with Crippen LogP contribution >= 0.6 is 15.9 Å². The highest BCUT2D eigenvalue weighted by Crippen LogP contribution is 2.29. The molecule has 5 heteroatoms. The first kappa shape index (κ1) is 14.7. The van der Waals surface area contributed by atoms with Crippen molar-refractivity contribution in [2.45, 2.75) is 32.2 Å². The molecule has 0 radical (unpaired) electrons. The monoisotopic (exact) mass is 350 g/mol. The van der Waals surface area contributed by atoms with Crippen LogP contribution in [0.2, 0.25) is 0 Å². The summed E-state index contributed by atoms with van der Waals surface area (Å²) in [5.74, 6) is 0.436. The molecular formula is C16H19BrN2O2. The summed E-state index contributed by atoms with van der Waals surface area (Å²) in [7, 11) is 0. The van der Waals surface area contributed by atoms with Gasteiger partial charge in [-0.3, -0.25) is 14.5 Å². The molecule has 2 heterocycles. The van der Waals surface area contributed by atoms with Crippen molar-refractivity contribution >= 4 is 33.4 Å². The molecule has 112 valence electrons. The van der Waals surface area contributed by atoms with Gasteiger partial charge in [0, 0.05) is 11.0 Å². The summed E-state index contributed by atoms with van der Waals surface area (Å²) in [5.41, 5.74) is 0.667. The summed E-state index contributed by atoms with van der Waals surface area (Å²) < 4.78 is 0.937. The fourth-order valence-electron chi connectivity index (χ4n) is 3.27. The third kappa shape index (κ3) is 2.90. The number of carbonyl (C=O) groups excluding carboxylic acids is 2. The van der Waals surface area contributed by atoms with Gasteiger partial charge in [-0.05, 0) is 49.6 Å². The van der Waals surface area contributed by atoms with Gasteiger partial charge in [0.25, 0.3) is 5.91 Å². The number of hydrogen-bond donors (Lipinski definition) is 0. The molecule has 2 atom stereocenters. The summed E-state index contributed by atoms with van der Waals surface area (Å²) in [6.07, 6.45) is 2.63. The van der Waals surface area contributed by atoms with Crippen molar-refractivity contribution in [2.24, 2.45) is 5.92 Å². The molecule has 0 spiro atoms. The van der Waals surface area contributed by atoms with Crippen LogP contribution in [0.15, 0.2) is 28.7 Å². The molecule has 0 aromatic heterocycles. The van der Waals surface area contributed by atoms with Crippen molar-refractivity contribution < 1.29 is 9.59 Å². The summed E-state index contributed by atoms with van der Waals surface area (Å²) in [4.78, 5) is 28.5. The van der Waals surface area contributed by atoms with Crippen LogP contribution in [0.3, 0.4) is 0 Å². The van der Waals surface area contributed by atoms with Crippen molar-refractivity contribution in [1.82, 2.24) is 4.90 Å². The van der Waals surface area contributed by atoms with Crippen LogP contribution in [-0.4, -0.2) is 35.8 Å². The van der Waals surface area contributed by atoms with E-state index in [0.29, 0.717) is 18.0 Å². The number of hydrogen-bond acceptors (Lipinski definition) is 3. The molecule has 0 N–H and O–H groups in total. The molecule has 0 aliphatic carbocycles. The fourth-order valence-corrected chi connectivity index (χ4v) is 3.54. The Hall–Kier alpha value is -1.20. The van der Waals surface area contributed by atoms with Crippen LogP contribution in [0, 0.1) is 5.92 Å². The Morgan fingerprint density at radius 3 is 2.57 bits per heavy atom. The number of amides is 2. The fraction of sp³-hybridized carbons (Fsp3) is 0.500. The van der Waals surface area contributed by atoms with Crippen molar-refractivity contribution in [3.8, 4) is 0 Å². The number of benzene rings is 1. The molecule has 3 rings (SSSR count). The van der Waals surface area contributed by atoms with Gasteiger partial charge >= 0.3 is 0 Å². The Kier molecular flexibility index (Phi) is 4.13. The van der Waals surface area contributed by atoms with Crippen LogP contribution in [0.5, 0.6) is 0 Å². The molecule has 1 aromatic rings. The Morgan fingerprint density at radius 2 is 1.90 bits per heavy atom. The predicted octanol–water partition coefficient (Wildman–Crippen LogP) is 2.81. The van der Waals surface area contributed by atoms with Gasteiger partial charge in [-0.1, -0.05) is 22.9 Å². The zero-order valence-corrected chi connectivity index (χ0v) is 13.7.